The van der Waals surface area contributed by atoms with Crippen LogP contribution in [-0.4, -0.2) is 53.0 Å². The van der Waals surface area contributed by atoms with E-state index in [4.69, 9.17) is 10.00 Å². The lowest BCUT2D eigenvalue weighted by Gasteiger charge is -2.35. The Kier molecular flexibility index (Phi) is 5.29. The molecule has 33 heavy (non-hydrogen) atoms. The number of nitrogens with zero attached hydrogens (tertiary/aromatic N) is 4. The van der Waals surface area contributed by atoms with Crippen molar-refractivity contribution in [3.05, 3.63) is 70.4 Å². The number of aliphatic hydroxyl groups excluding tert-OH is 1. The van der Waals surface area contributed by atoms with Gasteiger partial charge in [0, 0.05) is 42.5 Å². The fourth-order valence-corrected chi connectivity index (χ4v) is 4.56. The van der Waals surface area contributed by atoms with E-state index in [1.807, 2.05) is 30.0 Å². The number of benzene rings is 2. The lowest BCUT2D eigenvalue weighted by Crippen LogP contribution is -2.51. The van der Waals surface area contributed by atoms with Crippen molar-refractivity contribution in [2.24, 2.45) is 0 Å². The first kappa shape index (κ1) is 21.1. The number of hydrogen-bond acceptors (Lipinski definition) is 7. The molecule has 1 aromatic heterocycles. The van der Waals surface area contributed by atoms with E-state index in [1.165, 1.54) is 6.20 Å². The lowest BCUT2D eigenvalue weighted by atomic mass is 9.95. The Labute approximate surface area is 190 Å². The summed E-state index contributed by atoms with van der Waals surface area (Å²) >= 11 is 0. The Morgan fingerprint density at radius 3 is 2.85 bits per heavy atom. The second-order valence-electron chi connectivity index (χ2n) is 8.39. The van der Waals surface area contributed by atoms with Gasteiger partial charge < -0.3 is 14.7 Å². The first-order valence-corrected chi connectivity index (χ1v) is 10.7. The summed E-state index contributed by atoms with van der Waals surface area (Å²) in [5.74, 6) is -0.378. The number of pyridine rings is 1. The largest absolute Gasteiger partial charge is 0.457 e. The molecule has 0 unspecified atom stereocenters. The van der Waals surface area contributed by atoms with E-state index in [-0.39, 0.29) is 25.0 Å². The Balaban J connectivity index is 1.27. The molecule has 1 N–H and O–H groups in total. The molecule has 2 aliphatic rings. The summed E-state index contributed by atoms with van der Waals surface area (Å²) in [4.78, 5) is 32.6. The minimum atomic E-state index is -0.774. The molecule has 8 nitrogen and oxygen atoms in total. The number of anilines is 1. The zero-order chi connectivity index (χ0) is 23.1. The van der Waals surface area contributed by atoms with Crippen molar-refractivity contribution in [2.75, 3.05) is 31.1 Å². The third kappa shape index (κ3) is 3.82. The molecule has 0 aliphatic carbocycles. The molecule has 1 amide bonds. The molecule has 0 bridgehead atoms. The third-order valence-electron chi connectivity index (χ3n) is 6.41. The summed E-state index contributed by atoms with van der Waals surface area (Å²) in [6.45, 7) is 3.75. The number of fused-ring (bicyclic) bond motifs is 2. The van der Waals surface area contributed by atoms with Gasteiger partial charge in [-0.3, -0.25) is 14.7 Å². The number of β-amino-alcohol motifs (C(OH)–C–C–N with tert-alkyl or cyclic N) is 1. The van der Waals surface area contributed by atoms with Gasteiger partial charge in [-0.2, -0.15) is 5.26 Å². The highest BCUT2D eigenvalue weighted by Crippen LogP contribution is 2.30. The van der Waals surface area contributed by atoms with Gasteiger partial charge in [0.25, 0.3) is 0 Å². The van der Waals surface area contributed by atoms with E-state index in [0.717, 1.165) is 33.3 Å². The minimum Gasteiger partial charge on any atom is -0.457 e. The number of cyclic esters (lactones) is 1. The van der Waals surface area contributed by atoms with Crippen molar-refractivity contribution in [1.82, 2.24) is 9.88 Å². The quantitative estimate of drug-likeness (QED) is 0.619. The topological polar surface area (TPSA) is 107 Å². The normalized spacial score (nSPS) is 17.1. The Morgan fingerprint density at radius 1 is 1.21 bits per heavy atom. The van der Waals surface area contributed by atoms with Gasteiger partial charge >= 0.3 is 5.97 Å². The van der Waals surface area contributed by atoms with Gasteiger partial charge in [-0.05, 0) is 42.3 Å². The van der Waals surface area contributed by atoms with E-state index in [2.05, 4.69) is 11.1 Å². The number of amides is 1. The van der Waals surface area contributed by atoms with Crippen LogP contribution < -0.4 is 4.90 Å². The number of carbonyl (C=O) groups is 2. The minimum absolute atomic E-state index is 0.0499. The first-order valence-electron chi connectivity index (χ1n) is 10.7. The monoisotopic (exact) mass is 442 g/mol. The Hall–Kier alpha value is -3.80. The highest BCUT2D eigenvalue weighted by Gasteiger charge is 2.29. The van der Waals surface area contributed by atoms with Crippen LogP contribution in [0.3, 0.4) is 0 Å². The molecule has 2 aromatic carbocycles. The summed E-state index contributed by atoms with van der Waals surface area (Å²) in [6, 6.07) is 12.9. The second-order valence-corrected chi connectivity index (χ2v) is 8.39. The van der Waals surface area contributed by atoms with Crippen LogP contribution in [0.25, 0.3) is 10.9 Å². The standard InChI is InChI=1S/C25H22N4O4/c1-15-19(4-5-20-21(15)14-33-25(20)32)23(30)12-28-6-7-29(24(31)13-28)18-3-2-17-8-16(10-26)11-27-22(17)9-18/h2-5,8-9,11,23,30H,6-7,12-14H2,1H3/t23-/m0/s1. The average Bonchev–Trinajstić information content (AvgIpc) is 3.20. The van der Waals surface area contributed by atoms with Crippen LogP contribution in [0.15, 0.2) is 42.6 Å². The van der Waals surface area contributed by atoms with Crippen molar-refractivity contribution in [1.29, 1.82) is 5.26 Å². The number of nitriles is 1. The average molecular weight is 442 g/mol. The van der Waals surface area contributed by atoms with E-state index < -0.39 is 6.10 Å². The van der Waals surface area contributed by atoms with Crippen LogP contribution in [0.1, 0.15) is 38.7 Å². The molecule has 8 heteroatoms. The summed E-state index contributed by atoms with van der Waals surface area (Å²) < 4.78 is 5.10. The smallest absolute Gasteiger partial charge is 0.338 e. The van der Waals surface area contributed by atoms with Gasteiger partial charge in [0.15, 0.2) is 0 Å². The van der Waals surface area contributed by atoms with Crippen molar-refractivity contribution in [3.8, 4) is 6.07 Å². The molecule has 166 valence electrons. The Bertz CT molecular complexity index is 1330. The van der Waals surface area contributed by atoms with E-state index >= 15 is 0 Å². The van der Waals surface area contributed by atoms with Gasteiger partial charge in [-0.15, -0.1) is 0 Å². The lowest BCUT2D eigenvalue weighted by molar-refractivity contribution is -0.121. The molecule has 1 atom stereocenters. The van der Waals surface area contributed by atoms with Crippen LogP contribution >= 0.6 is 0 Å². The van der Waals surface area contributed by atoms with Crippen molar-refractivity contribution in [3.63, 3.8) is 0 Å². The maximum absolute atomic E-state index is 12.9. The van der Waals surface area contributed by atoms with Gasteiger partial charge in [-0.25, -0.2) is 4.79 Å². The number of ether oxygens (including phenoxy) is 1. The predicted molar refractivity (Wildman–Crippen MR) is 121 cm³/mol. The van der Waals surface area contributed by atoms with Gasteiger partial charge in [0.05, 0.1) is 29.3 Å². The molecule has 3 aromatic rings. The van der Waals surface area contributed by atoms with Crippen molar-refractivity contribution in [2.45, 2.75) is 19.6 Å². The SMILES string of the molecule is Cc1c([C@@H](O)CN2CCN(c3ccc4cc(C#N)cnc4c3)C(=O)C2)ccc2c1COC2=O. The summed E-state index contributed by atoms with van der Waals surface area (Å²) in [5, 5.41) is 20.7. The third-order valence-corrected chi connectivity index (χ3v) is 6.41. The highest BCUT2D eigenvalue weighted by molar-refractivity contribution is 5.97. The van der Waals surface area contributed by atoms with Crippen LogP contribution in [-0.2, 0) is 16.1 Å². The van der Waals surface area contributed by atoms with Crippen molar-refractivity contribution < 1.29 is 19.4 Å². The van der Waals surface area contributed by atoms with E-state index in [0.29, 0.717) is 30.8 Å². The number of aromatic nitrogens is 1. The van der Waals surface area contributed by atoms with Crippen LogP contribution in [0.2, 0.25) is 0 Å². The number of aliphatic hydroxyl groups is 1. The predicted octanol–water partition coefficient (Wildman–Crippen LogP) is 2.47. The summed E-state index contributed by atoms with van der Waals surface area (Å²) in [7, 11) is 0. The van der Waals surface area contributed by atoms with E-state index in [9.17, 15) is 14.7 Å². The fourth-order valence-electron chi connectivity index (χ4n) is 4.56. The number of esters is 1. The molecule has 0 radical (unpaired) electrons. The van der Waals surface area contributed by atoms with Crippen LogP contribution in [0.5, 0.6) is 0 Å². The maximum atomic E-state index is 12.9. The molecule has 0 spiro atoms. The maximum Gasteiger partial charge on any atom is 0.338 e. The van der Waals surface area contributed by atoms with Crippen LogP contribution in [0.4, 0.5) is 5.69 Å². The van der Waals surface area contributed by atoms with Gasteiger partial charge in [-0.1, -0.05) is 12.1 Å². The van der Waals surface area contributed by atoms with Gasteiger partial charge in [0.1, 0.15) is 12.7 Å². The van der Waals surface area contributed by atoms with Crippen molar-refractivity contribution >= 4 is 28.5 Å². The molecule has 2 aliphatic heterocycles. The van der Waals surface area contributed by atoms with E-state index in [1.54, 1.807) is 23.1 Å². The number of piperazine rings is 1. The fraction of sp³-hybridized carbons (Fsp3) is 0.280. The molecule has 1 saturated heterocycles. The second kappa shape index (κ2) is 8.28. The molecular formula is C25H22N4O4. The zero-order valence-electron chi connectivity index (χ0n) is 18.1. The molecule has 5 rings (SSSR count). The molecule has 3 heterocycles. The highest BCUT2D eigenvalue weighted by atomic mass is 16.5. The number of carbonyl (C=O) groups excluding carboxylic acids is 2. The summed E-state index contributed by atoms with van der Waals surface area (Å²) in [5.41, 5.74) is 4.98. The first-order chi connectivity index (χ1) is 15.9. The number of hydrogen-bond donors (Lipinski definition) is 1. The molecule has 0 saturated carbocycles. The number of rotatable bonds is 4. The van der Waals surface area contributed by atoms with Gasteiger partial charge in [0.2, 0.25) is 5.91 Å². The Morgan fingerprint density at radius 2 is 2.06 bits per heavy atom. The summed E-state index contributed by atoms with van der Waals surface area (Å²) in [6.07, 6.45) is 0.750. The molecule has 1 fully saturated rings. The zero-order valence-corrected chi connectivity index (χ0v) is 18.1. The van der Waals surface area contributed by atoms with Crippen LogP contribution in [0, 0.1) is 18.3 Å². The molecular weight excluding hydrogens is 420 g/mol.